The molecule has 5 heteroatoms. The predicted molar refractivity (Wildman–Crippen MR) is 64.2 cm³/mol. The molecule has 0 spiro atoms. The van der Waals surface area contributed by atoms with Crippen LogP contribution >= 0.6 is 0 Å². The molecule has 1 amide bonds. The Hall–Kier alpha value is -1.88. The number of aromatic nitrogens is 1. The largest absolute Gasteiger partial charge is 0.443 e. The SMILES string of the molecule is CNNC(=O)C(C)(C)c1ccc2ncoc2c1. The third-order valence-corrected chi connectivity index (χ3v) is 2.86. The molecule has 0 saturated carbocycles. The summed E-state index contributed by atoms with van der Waals surface area (Å²) >= 11 is 0. The molecular formula is C12H15N3O2. The van der Waals surface area contributed by atoms with Gasteiger partial charge in [0.15, 0.2) is 12.0 Å². The van der Waals surface area contributed by atoms with E-state index in [1.165, 1.54) is 6.39 Å². The van der Waals surface area contributed by atoms with E-state index in [4.69, 9.17) is 4.42 Å². The van der Waals surface area contributed by atoms with E-state index in [9.17, 15) is 4.79 Å². The number of nitrogens with one attached hydrogen (secondary N) is 2. The van der Waals surface area contributed by atoms with Crippen LogP contribution in [0.4, 0.5) is 0 Å². The van der Waals surface area contributed by atoms with Gasteiger partial charge in [0.2, 0.25) is 5.91 Å². The van der Waals surface area contributed by atoms with Crippen LogP contribution in [0.5, 0.6) is 0 Å². The van der Waals surface area contributed by atoms with E-state index in [1.54, 1.807) is 7.05 Å². The van der Waals surface area contributed by atoms with Crippen LogP contribution in [0.2, 0.25) is 0 Å². The fourth-order valence-electron chi connectivity index (χ4n) is 1.64. The quantitative estimate of drug-likeness (QED) is 0.785. The summed E-state index contributed by atoms with van der Waals surface area (Å²) in [6, 6.07) is 5.58. The number of hydrogen-bond donors (Lipinski definition) is 2. The third-order valence-electron chi connectivity index (χ3n) is 2.86. The molecule has 0 aliphatic heterocycles. The van der Waals surface area contributed by atoms with Gasteiger partial charge in [0, 0.05) is 7.05 Å². The molecule has 0 radical (unpaired) electrons. The average molecular weight is 233 g/mol. The van der Waals surface area contributed by atoms with Gasteiger partial charge in [0.25, 0.3) is 0 Å². The summed E-state index contributed by atoms with van der Waals surface area (Å²) in [5, 5.41) is 0. The number of nitrogens with zero attached hydrogens (tertiary/aromatic N) is 1. The van der Waals surface area contributed by atoms with Crippen molar-refractivity contribution < 1.29 is 9.21 Å². The van der Waals surface area contributed by atoms with Gasteiger partial charge in [-0.15, -0.1) is 0 Å². The second kappa shape index (κ2) is 4.18. The van der Waals surface area contributed by atoms with E-state index in [-0.39, 0.29) is 5.91 Å². The molecule has 5 nitrogen and oxygen atoms in total. The highest BCUT2D eigenvalue weighted by molar-refractivity contribution is 5.88. The van der Waals surface area contributed by atoms with Crippen molar-refractivity contribution in [3.05, 3.63) is 30.2 Å². The van der Waals surface area contributed by atoms with Crippen molar-refractivity contribution in [3.8, 4) is 0 Å². The van der Waals surface area contributed by atoms with Crippen LogP contribution in [0.25, 0.3) is 11.1 Å². The second-order valence-electron chi connectivity index (χ2n) is 4.36. The number of carbonyl (C=O) groups excluding carboxylic acids is 1. The summed E-state index contributed by atoms with van der Waals surface area (Å²) in [6.45, 7) is 3.72. The average Bonchev–Trinajstić information content (AvgIpc) is 2.76. The second-order valence-corrected chi connectivity index (χ2v) is 4.36. The van der Waals surface area contributed by atoms with Gasteiger partial charge in [-0.1, -0.05) is 6.07 Å². The first-order valence-electron chi connectivity index (χ1n) is 5.36. The fraction of sp³-hybridized carbons (Fsp3) is 0.333. The molecule has 1 heterocycles. The van der Waals surface area contributed by atoms with Crippen molar-refractivity contribution in [2.45, 2.75) is 19.3 Å². The molecule has 0 aliphatic carbocycles. The normalized spacial score (nSPS) is 11.7. The first-order valence-corrected chi connectivity index (χ1v) is 5.36. The molecule has 0 fully saturated rings. The van der Waals surface area contributed by atoms with Gasteiger partial charge >= 0.3 is 0 Å². The smallest absolute Gasteiger partial charge is 0.244 e. The fourth-order valence-corrected chi connectivity index (χ4v) is 1.64. The number of amides is 1. The lowest BCUT2D eigenvalue weighted by Crippen LogP contribution is -2.45. The Bertz CT molecular complexity index is 545. The number of benzene rings is 1. The Morgan fingerprint density at radius 1 is 1.41 bits per heavy atom. The van der Waals surface area contributed by atoms with Gasteiger partial charge in [0.1, 0.15) is 5.52 Å². The highest BCUT2D eigenvalue weighted by atomic mass is 16.3. The van der Waals surface area contributed by atoms with Gasteiger partial charge in [0.05, 0.1) is 5.41 Å². The molecule has 1 aromatic carbocycles. The van der Waals surface area contributed by atoms with Crippen LogP contribution in [0, 0.1) is 0 Å². The van der Waals surface area contributed by atoms with Crippen LogP contribution in [0.15, 0.2) is 29.0 Å². The molecule has 0 atom stereocenters. The monoisotopic (exact) mass is 233 g/mol. The van der Waals surface area contributed by atoms with Gasteiger partial charge in [-0.25, -0.2) is 10.4 Å². The molecule has 90 valence electrons. The highest BCUT2D eigenvalue weighted by Crippen LogP contribution is 2.26. The van der Waals surface area contributed by atoms with Gasteiger partial charge < -0.3 is 4.42 Å². The zero-order chi connectivity index (χ0) is 12.5. The van der Waals surface area contributed by atoms with E-state index in [0.717, 1.165) is 11.1 Å². The van der Waals surface area contributed by atoms with Crippen molar-refractivity contribution >= 4 is 17.0 Å². The van der Waals surface area contributed by atoms with Crippen LogP contribution < -0.4 is 10.9 Å². The molecule has 17 heavy (non-hydrogen) atoms. The number of hydrazine groups is 1. The lowest BCUT2D eigenvalue weighted by atomic mass is 9.84. The summed E-state index contributed by atoms with van der Waals surface area (Å²) < 4.78 is 5.23. The molecule has 1 aromatic heterocycles. The minimum Gasteiger partial charge on any atom is -0.443 e. The standard InChI is InChI=1S/C12H15N3O2/c1-12(2,11(16)15-13-3)8-4-5-9-10(6-8)17-7-14-9/h4-7,13H,1-3H3,(H,15,16). The molecule has 0 aliphatic rings. The van der Waals surface area contributed by atoms with Crippen LogP contribution in [-0.2, 0) is 10.2 Å². The molecule has 2 N–H and O–H groups in total. The van der Waals surface area contributed by atoms with Gasteiger partial charge in [-0.2, -0.15) is 0 Å². The Kier molecular flexibility index (Phi) is 2.85. The summed E-state index contributed by atoms with van der Waals surface area (Å²) in [7, 11) is 1.66. The van der Waals surface area contributed by atoms with E-state index in [0.29, 0.717) is 5.58 Å². The summed E-state index contributed by atoms with van der Waals surface area (Å²) in [6.07, 6.45) is 1.40. The first-order chi connectivity index (χ1) is 8.05. The Balaban J connectivity index is 2.40. The van der Waals surface area contributed by atoms with Crippen molar-refractivity contribution in [3.63, 3.8) is 0 Å². The summed E-state index contributed by atoms with van der Waals surface area (Å²) in [5.41, 5.74) is 6.96. The Morgan fingerprint density at radius 2 is 2.18 bits per heavy atom. The van der Waals surface area contributed by atoms with Gasteiger partial charge in [-0.05, 0) is 31.5 Å². The lowest BCUT2D eigenvalue weighted by molar-refractivity contribution is -0.126. The number of carbonyl (C=O) groups is 1. The Morgan fingerprint density at radius 3 is 2.88 bits per heavy atom. The predicted octanol–water partition coefficient (Wildman–Crippen LogP) is 1.36. The first kappa shape index (κ1) is 11.6. The van der Waals surface area contributed by atoms with Crippen LogP contribution in [-0.4, -0.2) is 17.9 Å². The number of fused-ring (bicyclic) bond motifs is 1. The zero-order valence-corrected chi connectivity index (χ0v) is 10.1. The van der Waals surface area contributed by atoms with Crippen molar-refractivity contribution in [1.82, 2.24) is 15.8 Å². The van der Waals surface area contributed by atoms with Crippen molar-refractivity contribution in [2.24, 2.45) is 0 Å². The van der Waals surface area contributed by atoms with Crippen LogP contribution in [0.1, 0.15) is 19.4 Å². The molecule has 0 unspecified atom stereocenters. The maximum absolute atomic E-state index is 11.9. The summed E-state index contributed by atoms with van der Waals surface area (Å²) in [5.74, 6) is -0.0983. The number of rotatable bonds is 3. The third kappa shape index (κ3) is 2.01. The molecule has 0 bridgehead atoms. The molecular weight excluding hydrogens is 218 g/mol. The minimum absolute atomic E-state index is 0.0983. The minimum atomic E-state index is -0.635. The maximum Gasteiger partial charge on any atom is 0.244 e. The molecule has 2 rings (SSSR count). The van der Waals surface area contributed by atoms with E-state index >= 15 is 0 Å². The van der Waals surface area contributed by atoms with Gasteiger partial charge in [-0.3, -0.25) is 10.2 Å². The lowest BCUT2D eigenvalue weighted by Gasteiger charge is -2.23. The number of oxazole rings is 1. The van der Waals surface area contributed by atoms with E-state index in [2.05, 4.69) is 15.8 Å². The molecule has 0 saturated heterocycles. The summed E-state index contributed by atoms with van der Waals surface area (Å²) in [4.78, 5) is 16.0. The highest BCUT2D eigenvalue weighted by Gasteiger charge is 2.29. The Labute approximate surface area is 99.2 Å². The van der Waals surface area contributed by atoms with Crippen molar-refractivity contribution in [1.29, 1.82) is 0 Å². The van der Waals surface area contributed by atoms with Crippen LogP contribution in [0.3, 0.4) is 0 Å². The zero-order valence-electron chi connectivity index (χ0n) is 10.1. The number of hydrogen-bond acceptors (Lipinski definition) is 4. The topological polar surface area (TPSA) is 67.2 Å². The maximum atomic E-state index is 11.9. The van der Waals surface area contributed by atoms with Crippen molar-refractivity contribution in [2.75, 3.05) is 7.05 Å². The molecule has 2 aromatic rings. The van der Waals surface area contributed by atoms with E-state index < -0.39 is 5.41 Å². The van der Waals surface area contributed by atoms with E-state index in [1.807, 2.05) is 32.0 Å².